The lowest BCUT2D eigenvalue weighted by molar-refractivity contribution is -0.892. The number of hydrogen-bond acceptors (Lipinski definition) is 1. The Balaban J connectivity index is 2.97. The van der Waals surface area contributed by atoms with Gasteiger partial charge in [0.15, 0.2) is 6.61 Å². The Bertz CT molecular complexity index is 308. The molecule has 0 amide bonds. The third kappa shape index (κ3) is 3.48. The van der Waals surface area contributed by atoms with Crippen LogP contribution in [0.3, 0.4) is 0 Å². The van der Waals surface area contributed by atoms with Crippen molar-refractivity contribution in [2.75, 3.05) is 6.61 Å². The molecule has 0 atom stereocenters. The van der Waals surface area contributed by atoms with Crippen LogP contribution in [0, 0.1) is 0 Å². The molecule has 0 aromatic carbocycles. The van der Waals surface area contributed by atoms with Crippen LogP contribution in [0.25, 0.3) is 6.08 Å². The molecule has 0 aliphatic rings. The molecule has 0 unspecified atom stereocenters. The fourth-order valence-corrected chi connectivity index (χ4v) is 1.39. The SMILES string of the molecule is CCO[n+]1ccccc1C=C(Br)Br. The van der Waals surface area contributed by atoms with Crippen molar-refractivity contribution in [2.24, 2.45) is 0 Å². The normalized spacial score (nSPS) is 9.46. The van der Waals surface area contributed by atoms with Crippen LogP contribution in [-0.2, 0) is 0 Å². The van der Waals surface area contributed by atoms with E-state index in [0.717, 1.165) is 9.09 Å². The lowest BCUT2D eigenvalue weighted by Crippen LogP contribution is -2.44. The fraction of sp³-hybridized carbons (Fsp3) is 0.222. The zero-order chi connectivity index (χ0) is 9.68. The van der Waals surface area contributed by atoms with Crippen LogP contribution in [0.1, 0.15) is 12.6 Å². The highest BCUT2D eigenvalue weighted by atomic mass is 79.9. The summed E-state index contributed by atoms with van der Waals surface area (Å²) in [6.45, 7) is 2.60. The molecule has 1 aromatic rings. The molecule has 1 heterocycles. The van der Waals surface area contributed by atoms with Gasteiger partial charge in [0.05, 0.1) is 3.39 Å². The summed E-state index contributed by atoms with van der Waals surface area (Å²) in [5.74, 6) is 0. The minimum atomic E-state index is 0.648. The van der Waals surface area contributed by atoms with Crippen molar-refractivity contribution in [2.45, 2.75) is 6.92 Å². The maximum absolute atomic E-state index is 5.37. The van der Waals surface area contributed by atoms with E-state index in [4.69, 9.17) is 4.84 Å². The lowest BCUT2D eigenvalue weighted by Gasteiger charge is -1.96. The third-order valence-electron chi connectivity index (χ3n) is 1.38. The monoisotopic (exact) mass is 306 g/mol. The largest absolute Gasteiger partial charge is 0.271 e. The predicted octanol–water partition coefficient (Wildman–Crippen LogP) is 2.51. The van der Waals surface area contributed by atoms with Crippen molar-refractivity contribution in [1.82, 2.24) is 0 Å². The third-order valence-corrected chi connectivity index (χ3v) is 1.84. The van der Waals surface area contributed by atoms with Gasteiger partial charge in [-0.1, -0.05) is 0 Å². The molecule has 0 bridgehead atoms. The summed E-state index contributed by atoms with van der Waals surface area (Å²) in [6.07, 6.45) is 3.80. The smallest absolute Gasteiger partial charge is 0.259 e. The van der Waals surface area contributed by atoms with Crippen LogP contribution in [-0.4, -0.2) is 6.61 Å². The zero-order valence-corrected chi connectivity index (χ0v) is 10.4. The molecule has 0 aliphatic heterocycles. The summed E-state index contributed by atoms with van der Waals surface area (Å²) in [4.78, 5) is 5.37. The van der Waals surface area contributed by atoms with Gasteiger partial charge in [0, 0.05) is 22.9 Å². The summed E-state index contributed by atoms with van der Waals surface area (Å²) in [5, 5.41) is 0. The van der Waals surface area contributed by atoms with Crippen molar-refractivity contribution in [3.05, 3.63) is 33.5 Å². The molecule has 0 saturated carbocycles. The van der Waals surface area contributed by atoms with E-state index < -0.39 is 0 Å². The van der Waals surface area contributed by atoms with E-state index in [1.165, 1.54) is 0 Å². The van der Waals surface area contributed by atoms with Crippen LogP contribution >= 0.6 is 31.9 Å². The van der Waals surface area contributed by atoms with Gasteiger partial charge in [-0.05, 0) is 44.8 Å². The van der Waals surface area contributed by atoms with Crippen LogP contribution in [0.4, 0.5) is 0 Å². The highest BCUT2D eigenvalue weighted by Crippen LogP contribution is 2.15. The Kier molecular flexibility index (Phi) is 4.45. The van der Waals surface area contributed by atoms with Crippen molar-refractivity contribution < 1.29 is 9.57 Å². The van der Waals surface area contributed by atoms with Gasteiger partial charge in [-0.2, -0.15) is 0 Å². The van der Waals surface area contributed by atoms with Gasteiger partial charge in [0.1, 0.15) is 0 Å². The number of hydrogen-bond donors (Lipinski definition) is 0. The van der Waals surface area contributed by atoms with E-state index in [-0.39, 0.29) is 0 Å². The quantitative estimate of drug-likeness (QED) is 0.782. The number of aromatic nitrogens is 1. The Labute approximate surface area is 94.4 Å². The van der Waals surface area contributed by atoms with Crippen LogP contribution in [0.5, 0.6) is 0 Å². The van der Waals surface area contributed by atoms with Crippen molar-refractivity contribution in [1.29, 1.82) is 0 Å². The molecule has 4 heteroatoms. The molecular weight excluding hydrogens is 298 g/mol. The van der Waals surface area contributed by atoms with E-state index in [1.54, 1.807) is 4.73 Å². The Hall–Kier alpha value is -0.350. The molecule has 0 aliphatic carbocycles. The van der Waals surface area contributed by atoms with E-state index in [2.05, 4.69) is 31.9 Å². The van der Waals surface area contributed by atoms with Crippen molar-refractivity contribution >= 4 is 37.9 Å². The van der Waals surface area contributed by atoms with Gasteiger partial charge < -0.3 is 0 Å². The average Bonchev–Trinajstić information content (AvgIpc) is 2.08. The first kappa shape index (κ1) is 10.7. The molecule has 13 heavy (non-hydrogen) atoms. The second kappa shape index (κ2) is 5.40. The van der Waals surface area contributed by atoms with E-state index in [0.29, 0.717) is 6.61 Å². The van der Waals surface area contributed by atoms with Crippen molar-refractivity contribution in [3.8, 4) is 0 Å². The molecule has 0 saturated heterocycles. The number of nitrogens with zero attached hydrogens (tertiary/aromatic N) is 1. The van der Waals surface area contributed by atoms with Gasteiger partial charge in [-0.3, -0.25) is 4.84 Å². The molecular formula is C9H10Br2NO+. The van der Waals surface area contributed by atoms with Crippen molar-refractivity contribution in [3.63, 3.8) is 0 Å². The second-order valence-corrected chi connectivity index (χ2v) is 5.08. The first-order valence-electron chi connectivity index (χ1n) is 3.90. The summed E-state index contributed by atoms with van der Waals surface area (Å²) in [6, 6.07) is 5.86. The minimum Gasteiger partial charge on any atom is -0.271 e. The number of halogens is 2. The van der Waals surface area contributed by atoms with Crippen LogP contribution in [0.2, 0.25) is 0 Å². The zero-order valence-electron chi connectivity index (χ0n) is 7.21. The summed E-state index contributed by atoms with van der Waals surface area (Å²) in [7, 11) is 0. The first-order chi connectivity index (χ1) is 6.24. The minimum absolute atomic E-state index is 0.648. The molecule has 2 nitrogen and oxygen atoms in total. The number of pyridine rings is 1. The Morgan fingerprint density at radius 1 is 1.54 bits per heavy atom. The maximum Gasteiger partial charge on any atom is 0.259 e. The highest BCUT2D eigenvalue weighted by molar-refractivity contribution is 9.28. The molecule has 1 rings (SSSR count). The molecule has 0 fully saturated rings. The summed E-state index contributed by atoms with van der Waals surface area (Å²) in [5.41, 5.74) is 0.980. The number of rotatable bonds is 3. The van der Waals surface area contributed by atoms with Gasteiger partial charge in [0.25, 0.3) is 5.69 Å². The molecule has 70 valence electrons. The summed E-state index contributed by atoms with van der Waals surface area (Å²) < 4.78 is 2.61. The van der Waals surface area contributed by atoms with E-state index in [9.17, 15) is 0 Å². The molecule has 0 spiro atoms. The standard InChI is InChI=1S/C9H10Br2NO/c1-2-13-12-6-4-3-5-8(12)7-9(10)11/h3-7H,2H2,1H3/q+1. The highest BCUT2D eigenvalue weighted by Gasteiger charge is 2.07. The maximum atomic E-state index is 5.37. The van der Waals surface area contributed by atoms with E-state index >= 15 is 0 Å². The van der Waals surface area contributed by atoms with Gasteiger partial charge in [-0.25, -0.2) is 0 Å². The molecule has 0 N–H and O–H groups in total. The predicted molar refractivity (Wildman–Crippen MR) is 59.6 cm³/mol. The van der Waals surface area contributed by atoms with Gasteiger partial charge in [-0.15, -0.1) is 0 Å². The summed E-state index contributed by atoms with van der Waals surface area (Å²) >= 11 is 6.61. The van der Waals surface area contributed by atoms with Gasteiger partial charge >= 0.3 is 0 Å². The topological polar surface area (TPSA) is 13.1 Å². The molecule has 0 radical (unpaired) electrons. The van der Waals surface area contributed by atoms with E-state index in [1.807, 2.05) is 37.4 Å². The fourth-order valence-electron chi connectivity index (χ4n) is 0.922. The second-order valence-electron chi connectivity index (χ2n) is 2.30. The first-order valence-corrected chi connectivity index (χ1v) is 5.49. The van der Waals surface area contributed by atoms with Gasteiger partial charge in [0.2, 0.25) is 6.20 Å². The van der Waals surface area contributed by atoms with Crippen LogP contribution < -0.4 is 9.57 Å². The molecule has 1 aromatic heterocycles. The Morgan fingerprint density at radius 2 is 2.31 bits per heavy atom. The average molecular weight is 308 g/mol. The Morgan fingerprint density at radius 3 is 2.92 bits per heavy atom. The lowest BCUT2D eigenvalue weighted by atomic mass is 10.3. The van der Waals surface area contributed by atoms with Crippen LogP contribution in [0.15, 0.2) is 27.8 Å².